The maximum Gasteiger partial charge on any atom is 0.119 e. The number of nitrogens with one attached hydrogen (secondary N) is 1. The molecule has 0 saturated heterocycles. The second-order valence-electron chi connectivity index (χ2n) is 4.64. The molecule has 0 aliphatic heterocycles. The van der Waals surface area contributed by atoms with Crippen LogP contribution in [-0.4, -0.2) is 16.9 Å². The Morgan fingerprint density at radius 1 is 1.32 bits per heavy atom. The zero-order chi connectivity index (χ0) is 13.8. The second kappa shape index (κ2) is 5.78. The summed E-state index contributed by atoms with van der Waals surface area (Å²) in [6, 6.07) is 8.19. The lowest BCUT2D eigenvalue weighted by molar-refractivity contribution is 0.414. The van der Waals surface area contributed by atoms with Crippen molar-refractivity contribution in [1.29, 1.82) is 0 Å². The average molecular weight is 259 g/mol. The van der Waals surface area contributed by atoms with Gasteiger partial charge in [-0.25, -0.2) is 0 Å². The van der Waals surface area contributed by atoms with Gasteiger partial charge in [-0.3, -0.25) is 4.68 Å². The van der Waals surface area contributed by atoms with Crippen LogP contribution in [0.2, 0.25) is 0 Å². The van der Waals surface area contributed by atoms with Gasteiger partial charge in [-0.05, 0) is 43.2 Å². The highest BCUT2D eigenvalue weighted by atomic mass is 16.5. The van der Waals surface area contributed by atoms with Crippen LogP contribution in [0.25, 0.3) is 0 Å². The summed E-state index contributed by atoms with van der Waals surface area (Å²) < 4.78 is 7.14. The highest BCUT2D eigenvalue weighted by molar-refractivity contribution is 5.53. The van der Waals surface area contributed by atoms with E-state index in [0.717, 1.165) is 30.1 Å². The number of aromatic nitrogens is 2. The molecule has 0 radical (unpaired) electrons. The first kappa shape index (κ1) is 13.5. The van der Waals surface area contributed by atoms with E-state index in [4.69, 9.17) is 4.74 Å². The Morgan fingerprint density at radius 2 is 2.11 bits per heavy atom. The van der Waals surface area contributed by atoms with Crippen LogP contribution in [0.5, 0.6) is 5.75 Å². The van der Waals surface area contributed by atoms with E-state index < -0.39 is 0 Å². The summed E-state index contributed by atoms with van der Waals surface area (Å²) in [7, 11) is 3.67. The zero-order valence-electron chi connectivity index (χ0n) is 12.0. The fourth-order valence-electron chi connectivity index (χ4n) is 2.06. The third-order valence-corrected chi connectivity index (χ3v) is 3.28. The molecule has 0 fully saturated rings. The number of methoxy groups -OCH3 is 1. The van der Waals surface area contributed by atoms with Crippen molar-refractivity contribution in [3.8, 4) is 5.75 Å². The van der Waals surface area contributed by atoms with Crippen LogP contribution in [0, 0.1) is 6.92 Å². The minimum atomic E-state index is 0.774. The van der Waals surface area contributed by atoms with Crippen molar-refractivity contribution in [3.05, 3.63) is 41.2 Å². The number of ether oxygens (including phenoxy) is 1. The Labute approximate surface area is 114 Å². The van der Waals surface area contributed by atoms with Gasteiger partial charge >= 0.3 is 0 Å². The lowest BCUT2D eigenvalue weighted by Gasteiger charge is -2.11. The summed E-state index contributed by atoms with van der Waals surface area (Å²) in [5.74, 6) is 0.886. The highest BCUT2D eigenvalue weighted by Crippen LogP contribution is 2.21. The van der Waals surface area contributed by atoms with Crippen LogP contribution in [-0.2, 0) is 20.0 Å². The Morgan fingerprint density at radius 3 is 2.68 bits per heavy atom. The molecule has 2 aromatic rings. The maximum absolute atomic E-state index is 5.21. The van der Waals surface area contributed by atoms with Crippen LogP contribution in [0.1, 0.15) is 23.9 Å². The van der Waals surface area contributed by atoms with Gasteiger partial charge < -0.3 is 10.1 Å². The summed E-state index contributed by atoms with van der Waals surface area (Å²) in [5, 5.41) is 7.89. The molecule has 4 nitrogen and oxygen atoms in total. The molecule has 0 aliphatic rings. The smallest absolute Gasteiger partial charge is 0.119 e. The van der Waals surface area contributed by atoms with Crippen molar-refractivity contribution in [2.24, 2.45) is 7.05 Å². The lowest BCUT2D eigenvalue weighted by atomic mass is 10.2. The van der Waals surface area contributed by atoms with Crippen molar-refractivity contribution < 1.29 is 4.74 Å². The van der Waals surface area contributed by atoms with Crippen molar-refractivity contribution in [2.75, 3.05) is 12.4 Å². The Balaban J connectivity index is 2.07. The van der Waals surface area contributed by atoms with Gasteiger partial charge in [0.2, 0.25) is 0 Å². The molecule has 1 heterocycles. The average Bonchev–Trinajstić information content (AvgIpc) is 2.78. The third kappa shape index (κ3) is 3.08. The molecule has 4 heteroatoms. The lowest BCUT2D eigenvalue weighted by Crippen LogP contribution is -2.06. The van der Waals surface area contributed by atoms with Gasteiger partial charge in [0.05, 0.1) is 25.0 Å². The fourth-order valence-corrected chi connectivity index (χ4v) is 2.06. The Hall–Kier alpha value is -1.97. The van der Waals surface area contributed by atoms with Gasteiger partial charge in [0.1, 0.15) is 5.75 Å². The molecule has 0 atom stereocenters. The van der Waals surface area contributed by atoms with Crippen LogP contribution in [0.3, 0.4) is 0 Å². The minimum absolute atomic E-state index is 0.774. The van der Waals surface area contributed by atoms with Crippen LogP contribution in [0.4, 0.5) is 5.69 Å². The summed E-state index contributed by atoms with van der Waals surface area (Å²) in [6.45, 7) is 4.97. The molecule has 2 rings (SSSR count). The largest absolute Gasteiger partial charge is 0.497 e. The molecule has 0 bridgehead atoms. The zero-order valence-corrected chi connectivity index (χ0v) is 12.0. The second-order valence-corrected chi connectivity index (χ2v) is 4.64. The van der Waals surface area contributed by atoms with Gasteiger partial charge in [-0.15, -0.1) is 0 Å². The Kier molecular flexibility index (Phi) is 4.10. The van der Waals surface area contributed by atoms with Gasteiger partial charge in [0.25, 0.3) is 0 Å². The predicted molar refractivity (Wildman–Crippen MR) is 77.6 cm³/mol. The normalized spacial score (nSPS) is 10.5. The number of rotatable bonds is 5. The van der Waals surface area contributed by atoms with E-state index in [1.54, 1.807) is 7.11 Å². The first-order valence-corrected chi connectivity index (χ1v) is 6.54. The first-order valence-electron chi connectivity index (χ1n) is 6.54. The van der Waals surface area contributed by atoms with Gasteiger partial charge in [-0.1, -0.05) is 6.92 Å². The molecule has 0 aliphatic carbocycles. The van der Waals surface area contributed by atoms with Crippen molar-refractivity contribution >= 4 is 5.69 Å². The molecule has 0 unspecified atom stereocenters. The van der Waals surface area contributed by atoms with Crippen molar-refractivity contribution in [1.82, 2.24) is 9.78 Å². The van der Waals surface area contributed by atoms with E-state index in [9.17, 15) is 0 Å². The molecule has 102 valence electrons. The third-order valence-electron chi connectivity index (χ3n) is 3.28. The number of hydrogen-bond donors (Lipinski definition) is 1. The molecule has 19 heavy (non-hydrogen) atoms. The van der Waals surface area contributed by atoms with E-state index in [1.807, 2.05) is 29.9 Å². The maximum atomic E-state index is 5.21. The van der Waals surface area contributed by atoms with E-state index in [2.05, 4.69) is 30.3 Å². The molecule has 0 amide bonds. The quantitative estimate of drug-likeness (QED) is 0.897. The SMILES string of the molecule is CCc1cc(CNc2ccc(OC)cc2C)n(C)n1. The summed E-state index contributed by atoms with van der Waals surface area (Å²) in [5.41, 5.74) is 4.62. The van der Waals surface area contributed by atoms with Crippen molar-refractivity contribution in [2.45, 2.75) is 26.8 Å². The van der Waals surface area contributed by atoms with Crippen LogP contribution in [0.15, 0.2) is 24.3 Å². The monoisotopic (exact) mass is 259 g/mol. The molecule has 1 aromatic heterocycles. The van der Waals surface area contributed by atoms with Gasteiger partial charge in [0.15, 0.2) is 0 Å². The Bertz CT molecular complexity index is 561. The van der Waals surface area contributed by atoms with E-state index in [1.165, 1.54) is 11.3 Å². The minimum Gasteiger partial charge on any atom is -0.497 e. The van der Waals surface area contributed by atoms with Crippen LogP contribution >= 0.6 is 0 Å². The first-order chi connectivity index (χ1) is 9.13. The number of benzene rings is 1. The summed E-state index contributed by atoms with van der Waals surface area (Å²) >= 11 is 0. The topological polar surface area (TPSA) is 39.1 Å². The number of aryl methyl sites for hydroxylation is 3. The molecule has 0 spiro atoms. The highest BCUT2D eigenvalue weighted by Gasteiger charge is 2.05. The molecule has 1 aromatic carbocycles. The molecule has 1 N–H and O–H groups in total. The van der Waals surface area contributed by atoms with Gasteiger partial charge in [-0.2, -0.15) is 5.10 Å². The predicted octanol–water partition coefficient (Wildman–Crippen LogP) is 2.91. The van der Waals surface area contributed by atoms with E-state index in [0.29, 0.717) is 0 Å². The van der Waals surface area contributed by atoms with E-state index >= 15 is 0 Å². The van der Waals surface area contributed by atoms with Crippen molar-refractivity contribution in [3.63, 3.8) is 0 Å². The molecular weight excluding hydrogens is 238 g/mol. The van der Waals surface area contributed by atoms with E-state index in [-0.39, 0.29) is 0 Å². The summed E-state index contributed by atoms with van der Waals surface area (Å²) in [6.07, 6.45) is 0.968. The molecular formula is C15H21N3O. The standard InChI is InChI=1S/C15H21N3O/c1-5-12-9-13(18(3)17-12)10-16-15-7-6-14(19-4)8-11(15)2/h6-9,16H,5,10H2,1-4H3. The number of nitrogens with zero attached hydrogens (tertiary/aromatic N) is 2. The fraction of sp³-hybridized carbons (Fsp3) is 0.400. The number of hydrogen-bond acceptors (Lipinski definition) is 3. The van der Waals surface area contributed by atoms with Crippen LogP contribution < -0.4 is 10.1 Å². The number of anilines is 1. The van der Waals surface area contributed by atoms with Gasteiger partial charge in [0, 0.05) is 12.7 Å². The molecule has 0 saturated carbocycles. The summed E-state index contributed by atoms with van der Waals surface area (Å²) in [4.78, 5) is 0.